The molecule has 1 atom stereocenters. The normalized spacial score (nSPS) is 18.9. The zero-order valence-corrected chi connectivity index (χ0v) is 10.3. The van der Waals surface area contributed by atoms with Crippen molar-refractivity contribution in [3.63, 3.8) is 0 Å². The lowest BCUT2D eigenvalue weighted by molar-refractivity contribution is 0.172. The molecular formula is C13H22N2O. The number of hydrogen-bond donors (Lipinski definition) is 1. The predicted molar refractivity (Wildman–Crippen MR) is 66.0 cm³/mol. The van der Waals surface area contributed by atoms with Crippen LogP contribution in [0.1, 0.15) is 39.5 Å². The van der Waals surface area contributed by atoms with Crippen LogP contribution in [0.5, 0.6) is 0 Å². The van der Waals surface area contributed by atoms with E-state index in [0.717, 1.165) is 44.7 Å². The van der Waals surface area contributed by atoms with Gasteiger partial charge < -0.3 is 10.2 Å². The Morgan fingerprint density at radius 1 is 1.56 bits per heavy atom. The maximum Gasteiger partial charge on any atom is 0.318 e. The summed E-state index contributed by atoms with van der Waals surface area (Å²) in [5, 5.41) is 2.90. The lowest BCUT2D eigenvalue weighted by Gasteiger charge is -2.31. The van der Waals surface area contributed by atoms with Crippen LogP contribution in [0.25, 0.3) is 0 Å². The zero-order chi connectivity index (χ0) is 12.0. The van der Waals surface area contributed by atoms with Gasteiger partial charge in [-0.15, -0.1) is 6.42 Å². The molecule has 1 fully saturated rings. The topological polar surface area (TPSA) is 32.3 Å². The van der Waals surface area contributed by atoms with Gasteiger partial charge in [0.15, 0.2) is 0 Å². The van der Waals surface area contributed by atoms with Crippen molar-refractivity contribution in [2.45, 2.75) is 45.6 Å². The van der Waals surface area contributed by atoms with E-state index in [1.165, 1.54) is 0 Å². The van der Waals surface area contributed by atoms with Crippen molar-refractivity contribution in [3.8, 4) is 12.3 Å². The molecule has 3 nitrogen and oxygen atoms in total. The van der Waals surface area contributed by atoms with Crippen LogP contribution >= 0.6 is 0 Å². The number of nitrogens with one attached hydrogen (secondary N) is 1. The zero-order valence-electron chi connectivity index (χ0n) is 10.3. The lowest BCUT2D eigenvalue weighted by Crippen LogP contribution is -2.47. The molecule has 0 radical (unpaired) electrons. The third kappa shape index (κ3) is 3.77. The van der Waals surface area contributed by atoms with Crippen molar-refractivity contribution in [2.24, 2.45) is 5.92 Å². The number of nitrogens with zero attached hydrogens (tertiary/aromatic N) is 1. The molecular weight excluding hydrogens is 200 g/mol. The molecule has 1 saturated heterocycles. The number of urea groups is 1. The number of amides is 2. The van der Waals surface area contributed by atoms with Crippen molar-refractivity contribution in [1.82, 2.24) is 10.2 Å². The largest absolute Gasteiger partial charge is 0.325 e. The van der Waals surface area contributed by atoms with E-state index in [0.29, 0.717) is 0 Å². The first kappa shape index (κ1) is 12.9. The molecule has 0 aromatic carbocycles. The van der Waals surface area contributed by atoms with Crippen molar-refractivity contribution in [2.75, 3.05) is 13.1 Å². The third-order valence-corrected chi connectivity index (χ3v) is 3.15. The smallest absolute Gasteiger partial charge is 0.318 e. The second kappa shape index (κ2) is 6.42. The number of rotatable bonds is 3. The summed E-state index contributed by atoms with van der Waals surface area (Å²) >= 11 is 0. The molecule has 1 rings (SSSR count). The second-order valence-corrected chi connectivity index (χ2v) is 4.63. The van der Waals surface area contributed by atoms with E-state index in [9.17, 15) is 4.79 Å². The monoisotopic (exact) mass is 222 g/mol. The summed E-state index contributed by atoms with van der Waals surface area (Å²) in [6.45, 7) is 6.02. The standard InChI is InChI=1S/C13H22N2O/c1-4-6-12(5-2)14-13(16)15-9-7-11(3)8-10-15/h2,11-12H,4,6-10H2,1,3H3,(H,14,16). The Morgan fingerprint density at radius 3 is 2.69 bits per heavy atom. The minimum atomic E-state index is -0.114. The Labute approximate surface area is 98.6 Å². The molecule has 1 unspecified atom stereocenters. The van der Waals surface area contributed by atoms with Crippen molar-refractivity contribution in [3.05, 3.63) is 0 Å². The number of piperidine rings is 1. The minimum absolute atomic E-state index is 0.00306. The van der Waals surface area contributed by atoms with Gasteiger partial charge in [0.25, 0.3) is 0 Å². The summed E-state index contributed by atoms with van der Waals surface area (Å²) in [6, 6.07) is -0.111. The summed E-state index contributed by atoms with van der Waals surface area (Å²) in [7, 11) is 0. The molecule has 1 N–H and O–H groups in total. The first-order chi connectivity index (χ1) is 7.67. The van der Waals surface area contributed by atoms with Crippen LogP contribution in [0.2, 0.25) is 0 Å². The van der Waals surface area contributed by atoms with Crippen LogP contribution < -0.4 is 5.32 Å². The first-order valence-corrected chi connectivity index (χ1v) is 6.19. The highest BCUT2D eigenvalue weighted by molar-refractivity contribution is 5.75. The molecule has 1 heterocycles. The van der Waals surface area contributed by atoms with E-state index in [2.05, 4.69) is 25.1 Å². The van der Waals surface area contributed by atoms with Gasteiger partial charge in [0, 0.05) is 13.1 Å². The molecule has 0 aliphatic carbocycles. The van der Waals surface area contributed by atoms with Gasteiger partial charge >= 0.3 is 6.03 Å². The van der Waals surface area contributed by atoms with Gasteiger partial charge in [-0.1, -0.05) is 26.2 Å². The number of likely N-dealkylation sites (tertiary alicyclic amines) is 1. The Balaban J connectivity index is 2.37. The number of terminal acetylenes is 1. The summed E-state index contributed by atoms with van der Waals surface area (Å²) in [4.78, 5) is 13.7. The van der Waals surface area contributed by atoms with Crippen LogP contribution in [-0.4, -0.2) is 30.1 Å². The van der Waals surface area contributed by atoms with Gasteiger partial charge in [-0.05, 0) is 25.2 Å². The summed E-state index contributed by atoms with van der Waals surface area (Å²) in [5.41, 5.74) is 0. The van der Waals surface area contributed by atoms with Gasteiger partial charge in [0.1, 0.15) is 0 Å². The maximum absolute atomic E-state index is 11.9. The van der Waals surface area contributed by atoms with Crippen LogP contribution in [0.15, 0.2) is 0 Å². The number of carbonyl (C=O) groups excluding carboxylic acids is 1. The molecule has 0 aromatic rings. The Hall–Kier alpha value is -1.17. The molecule has 0 spiro atoms. The van der Waals surface area contributed by atoms with Gasteiger partial charge in [0.05, 0.1) is 6.04 Å². The van der Waals surface area contributed by atoms with Gasteiger partial charge in [-0.3, -0.25) is 0 Å². The number of carbonyl (C=O) groups is 1. The average molecular weight is 222 g/mol. The fraction of sp³-hybridized carbons (Fsp3) is 0.769. The summed E-state index contributed by atoms with van der Waals surface area (Å²) < 4.78 is 0. The number of hydrogen-bond acceptors (Lipinski definition) is 1. The SMILES string of the molecule is C#CC(CCC)NC(=O)N1CCC(C)CC1. The van der Waals surface area contributed by atoms with Crippen molar-refractivity contribution >= 4 is 6.03 Å². The van der Waals surface area contributed by atoms with E-state index >= 15 is 0 Å². The highest BCUT2D eigenvalue weighted by Gasteiger charge is 2.21. The third-order valence-electron chi connectivity index (χ3n) is 3.15. The maximum atomic E-state index is 11.9. The molecule has 0 saturated carbocycles. The average Bonchev–Trinajstić information content (AvgIpc) is 2.29. The van der Waals surface area contributed by atoms with E-state index in [1.807, 2.05) is 4.90 Å². The Morgan fingerprint density at radius 2 is 2.19 bits per heavy atom. The first-order valence-electron chi connectivity index (χ1n) is 6.19. The molecule has 16 heavy (non-hydrogen) atoms. The highest BCUT2D eigenvalue weighted by atomic mass is 16.2. The molecule has 3 heteroatoms. The fourth-order valence-electron chi connectivity index (χ4n) is 1.94. The van der Waals surface area contributed by atoms with Crippen molar-refractivity contribution in [1.29, 1.82) is 0 Å². The van der Waals surface area contributed by atoms with Crippen molar-refractivity contribution < 1.29 is 4.79 Å². The molecule has 0 bridgehead atoms. The molecule has 1 aliphatic heterocycles. The summed E-state index contributed by atoms with van der Waals surface area (Å²) in [6.07, 6.45) is 9.42. The lowest BCUT2D eigenvalue weighted by atomic mass is 10.00. The van der Waals surface area contributed by atoms with Gasteiger partial charge in [0.2, 0.25) is 0 Å². The molecule has 0 aromatic heterocycles. The van der Waals surface area contributed by atoms with Crippen LogP contribution in [0.3, 0.4) is 0 Å². The molecule has 1 aliphatic rings. The van der Waals surface area contributed by atoms with Gasteiger partial charge in [-0.25, -0.2) is 4.79 Å². The van der Waals surface area contributed by atoms with Crippen LogP contribution in [0, 0.1) is 18.3 Å². The van der Waals surface area contributed by atoms with E-state index in [1.54, 1.807) is 0 Å². The summed E-state index contributed by atoms with van der Waals surface area (Å²) in [5.74, 6) is 3.36. The minimum Gasteiger partial charge on any atom is -0.325 e. The Bertz CT molecular complexity index is 262. The Kier molecular flexibility index (Phi) is 5.18. The van der Waals surface area contributed by atoms with E-state index in [-0.39, 0.29) is 12.1 Å². The van der Waals surface area contributed by atoms with E-state index < -0.39 is 0 Å². The fourth-order valence-corrected chi connectivity index (χ4v) is 1.94. The van der Waals surface area contributed by atoms with Crippen LogP contribution in [-0.2, 0) is 0 Å². The van der Waals surface area contributed by atoms with Crippen LogP contribution in [0.4, 0.5) is 4.79 Å². The highest BCUT2D eigenvalue weighted by Crippen LogP contribution is 2.15. The second-order valence-electron chi connectivity index (χ2n) is 4.63. The van der Waals surface area contributed by atoms with Gasteiger partial charge in [-0.2, -0.15) is 0 Å². The van der Waals surface area contributed by atoms with E-state index in [4.69, 9.17) is 6.42 Å². The molecule has 90 valence electrons. The quantitative estimate of drug-likeness (QED) is 0.730. The predicted octanol–water partition coefficient (Wildman–Crippen LogP) is 2.23. The molecule has 2 amide bonds.